The van der Waals surface area contributed by atoms with E-state index in [9.17, 15) is 4.79 Å². The fourth-order valence-electron chi connectivity index (χ4n) is 3.66. The second-order valence-corrected chi connectivity index (χ2v) is 6.49. The van der Waals surface area contributed by atoms with Crippen molar-refractivity contribution in [3.05, 3.63) is 28.8 Å². The molecule has 2 atom stereocenters. The number of anilines is 1. The maximum Gasteiger partial charge on any atom is 0.255 e. The summed E-state index contributed by atoms with van der Waals surface area (Å²) in [5, 5.41) is 0.459. The van der Waals surface area contributed by atoms with E-state index in [-0.39, 0.29) is 5.91 Å². The number of nitrogens with two attached hydrogens (primary N) is 1. The fraction of sp³-hybridized carbons (Fsp3) is 0.562. The predicted molar refractivity (Wildman–Crippen MR) is 81.8 cm³/mol. The van der Waals surface area contributed by atoms with Crippen molar-refractivity contribution in [2.75, 3.05) is 18.8 Å². The maximum absolute atomic E-state index is 12.6. The van der Waals surface area contributed by atoms with Gasteiger partial charge in [0.05, 0.1) is 10.6 Å². The second kappa shape index (κ2) is 5.65. The van der Waals surface area contributed by atoms with Crippen LogP contribution < -0.4 is 5.73 Å². The van der Waals surface area contributed by atoms with E-state index < -0.39 is 0 Å². The minimum absolute atomic E-state index is 0.0547. The van der Waals surface area contributed by atoms with Gasteiger partial charge in [0.2, 0.25) is 0 Å². The minimum Gasteiger partial charge on any atom is -0.399 e. The number of hydrogen-bond acceptors (Lipinski definition) is 2. The third-order valence-corrected chi connectivity index (χ3v) is 5.11. The van der Waals surface area contributed by atoms with Crippen LogP contribution in [0.5, 0.6) is 0 Å². The van der Waals surface area contributed by atoms with E-state index in [0.717, 1.165) is 25.4 Å². The zero-order valence-electron chi connectivity index (χ0n) is 11.6. The van der Waals surface area contributed by atoms with Crippen LogP contribution in [0.3, 0.4) is 0 Å². The van der Waals surface area contributed by atoms with Gasteiger partial charge in [0.25, 0.3) is 5.91 Å². The van der Waals surface area contributed by atoms with Gasteiger partial charge in [0, 0.05) is 18.8 Å². The van der Waals surface area contributed by atoms with Crippen molar-refractivity contribution in [1.82, 2.24) is 4.90 Å². The van der Waals surface area contributed by atoms with Crippen molar-refractivity contribution < 1.29 is 4.79 Å². The van der Waals surface area contributed by atoms with Crippen LogP contribution in [-0.4, -0.2) is 23.9 Å². The Morgan fingerprint density at radius 1 is 1.20 bits per heavy atom. The van der Waals surface area contributed by atoms with Crippen LogP contribution in [0.2, 0.25) is 5.02 Å². The molecule has 0 radical (unpaired) electrons. The molecule has 1 aliphatic carbocycles. The van der Waals surface area contributed by atoms with Gasteiger partial charge in [-0.05, 0) is 42.9 Å². The first-order valence-corrected chi connectivity index (χ1v) is 7.87. The van der Waals surface area contributed by atoms with Crippen LogP contribution in [0.1, 0.15) is 42.5 Å². The molecule has 1 aromatic carbocycles. The summed E-state index contributed by atoms with van der Waals surface area (Å²) in [6.07, 6.45) is 6.42. The Balaban J connectivity index is 1.74. The molecule has 1 saturated carbocycles. The zero-order valence-corrected chi connectivity index (χ0v) is 12.4. The highest BCUT2D eigenvalue weighted by Crippen LogP contribution is 2.36. The molecule has 3 nitrogen and oxygen atoms in total. The largest absolute Gasteiger partial charge is 0.399 e. The molecule has 0 bridgehead atoms. The van der Waals surface area contributed by atoms with Crippen LogP contribution in [0, 0.1) is 11.8 Å². The van der Waals surface area contributed by atoms with Gasteiger partial charge in [0.1, 0.15) is 0 Å². The molecular weight excluding hydrogens is 272 g/mol. The molecule has 20 heavy (non-hydrogen) atoms. The third kappa shape index (κ3) is 2.64. The summed E-state index contributed by atoms with van der Waals surface area (Å²) in [4.78, 5) is 14.6. The van der Waals surface area contributed by atoms with Crippen molar-refractivity contribution in [3.8, 4) is 0 Å². The molecule has 2 aliphatic rings. The number of rotatable bonds is 1. The first-order valence-electron chi connectivity index (χ1n) is 7.49. The van der Waals surface area contributed by atoms with Crippen molar-refractivity contribution in [2.24, 2.45) is 11.8 Å². The summed E-state index contributed by atoms with van der Waals surface area (Å²) in [5.41, 5.74) is 6.86. The Labute approximate surface area is 125 Å². The molecule has 1 saturated heterocycles. The smallest absolute Gasteiger partial charge is 0.255 e. The van der Waals surface area contributed by atoms with Crippen molar-refractivity contribution in [3.63, 3.8) is 0 Å². The SMILES string of the molecule is Nc1ccc(C(=O)N2CCC3CCCCC3C2)c(Cl)c1. The van der Waals surface area contributed by atoms with Crippen LogP contribution >= 0.6 is 11.6 Å². The van der Waals surface area contributed by atoms with E-state index in [2.05, 4.69) is 0 Å². The highest BCUT2D eigenvalue weighted by molar-refractivity contribution is 6.34. The van der Waals surface area contributed by atoms with Crippen molar-refractivity contribution in [1.29, 1.82) is 0 Å². The highest BCUT2D eigenvalue weighted by atomic mass is 35.5. The number of likely N-dealkylation sites (tertiary alicyclic amines) is 1. The number of piperidine rings is 1. The minimum atomic E-state index is 0.0547. The second-order valence-electron chi connectivity index (χ2n) is 6.08. The molecule has 2 N–H and O–H groups in total. The Bertz CT molecular complexity index is 517. The zero-order chi connectivity index (χ0) is 14.1. The Morgan fingerprint density at radius 3 is 2.70 bits per heavy atom. The quantitative estimate of drug-likeness (QED) is 0.804. The van der Waals surface area contributed by atoms with E-state index in [0.29, 0.717) is 22.2 Å². The molecular formula is C16H21ClN2O. The highest BCUT2D eigenvalue weighted by Gasteiger charge is 2.33. The molecule has 1 heterocycles. The summed E-state index contributed by atoms with van der Waals surface area (Å²) in [6, 6.07) is 5.14. The number of nitrogens with zero attached hydrogens (tertiary/aromatic N) is 1. The molecule has 108 valence electrons. The van der Waals surface area contributed by atoms with Crippen LogP contribution in [0.15, 0.2) is 18.2 Å². The van der Waals surface area contributed by atoms with Crippen LogP contribution in [0.4, 0.5) is 5.69 Å². The lowest BCUT2D eigenvalue weighted by atomic mass is 9.75. The lowest BCUT2D eigenvalue weighted by molar-refractivity contribution is 0.0521. The van der Waals surface area contributed by atoms with Gasteiger partial charge >= 0.3 is 0 Å². The van der Waals surface area contributed by atoms with Crippen molar-refractivity contribution >= 4 is 23.2 Å². The first kappa shape index (κ1) is 13.7. The number of benzene rings is 1. The normalized spacial score (nSPS) is 26.1. The average molecular weight is 293 g/mol. The summed E-state index contributed by atoms with van der Waals surface area (Å²) in [5.74, 6) is 1.57. The van der Waals surface area contributed by atoms with Gasteiger partial charge in [0.15, 0.2) is 0 Å². The molecule has 2 unspecified atom stereocenters. The summed E-state index contributed by atoms with van der Waals surface area (Å²) < 4.78 is 0. The lowest BCUT2D eigenvalue weighted by Crippen LogP contribution is -2.44. The standard InChI is InChI=1S/C16H21ClN2O/c17-15-9-13(18)5-6-14(15)16(20)19-8-7-11-3-1-2-4-12(11)10-19/h5-6,9,11-12H,1-4,7-8,10,18H2. The molecule has 4 heteroatoms. The number of halogens is 1. The van der Waals surface area contributed by atoms with E-state index in [4.69, 9.17) is 17.3 Å². The Hall–Kier alpha value is -1.22. The van der Waals surface area contributed by atoms with Gasteiger partial charge in [-0.1, -0.05) is 30.9 Å². The van der Waals surface area contributed by atoms with Gasteiger partial charge < -0.3 is 10.6 Å². The maximum atomic E-state index is 12.6. The molecule has 0 aromatic heterocycles. The number of amides is 1. The van der Waals surface area contributed by atoms with Crippen LogP contribution in [-0.2, 0) is 0 Å². The summed E-state index contributed by atoms with van der Waals surface area (Å²) in [7, 11) is 0. The monoisotopic (exact) mass is 292 g/mol. The van der Waals surface area contributed by atoms with Crippen LogP contribution in [0.25, 0.3) is 0 Å². The number of carbonyl (C=O) groups excluding carboxylic acids is 1. The molecule has 1 aromatic rings. The number of hydrogen-bond donors (Lipinski definition) is 1. The Morgan fingerprint density at radius 2 is 1.95 bits per heavy atom. The van der Waals surface area contributed by atoms with Gasteiger partial charge in [-0.25, -0.2) is 0 Å². The first-order chi connectivity index (χ1) is 9.65. The summed E-state index contributed by atoms with van der Waals surface area (Å²) in [6.45, 7) is 1.75. The van der Waals surface area contributed by atoms with Gasteiger partial charge in [-0.3, -0.25) is 4.79 Å². The molecule has 0 spiro atoms. The van der Waals surface area contributed by atoms with E-state index in [1.165, 1.54) is 25.7 Å². The van der Waals surface area contributed by atoms with E-state index in [1.807, 2.05) is 4.90 Å². The molecule has 3 rings (SSSR count). The summed E-state index contributed by atoms with van der Waals surface area (Å²) >= 11 is 6.15. The predicted octanol–water partition coefficient (Wildman–Crippen LogP) is 3.57. The topological polar surface area (TPSA) is 46.3 Å². The Kier molecular flexibility index (Phi) is 3.88. The average Bonchev–Trinajstić information content (AvgIpc) is 2.46. The number of nitrogen functional groups attached to an aromatic ring is 1. The third-order valence-electron chi connectivity index (χ3n) is 4.80. The van der Waals surface area contributed by atoms with E-state index >= 15 is 0 Å². The lowest BCUT2D eigenvalue weighted by Gasteiger charge is -2.41. The van der Waals surface area contributed by atoms with Gasteiger partial charge in [-0.15, -0.1) is 0 Å². The number of fused-ring (bicyclic) bond motifs is 1. The molecule has 2 fully saturated rings. The fourth-order valence-corrected chi connectivity index (χ4v) is 3.93. The van der Waals surface area contributed by atoms with Gasteiger partial charge in [-0.2, -0.15) is 0 Å². The van der Waals surface area contributed by atoms with E-state index in [1.54, 1.807) is 18.2 Å². The molecule has 1 amide bonds. The molecule has 1 aliphatic heterocycles. The van der Waals surface area contributed by atoms with Crippen molar-refractivity contribution in [2.45, 2.75) is 32.1 Å². The number of carbonyl (C=O) groups is 1.